The summed E-state index contributed by atoms with van der Waals surface area (Å²) in [5.74, 6) is 0.725. The Morgan fingerprint density at radius 1 is 1.08 bits per heavy atom. The van der Waals surface area contributed by atoms with Gasteiger partial charge >= 0.3 is 0 Å². The third-order valence-corrected chi connectivity index (χ3v) is 6.06. The van der Waals surface area contributed by atoms with Gasteiger partial charge in [-0.25, -0.2) is 15.0 Å². The Bertz CT molecular complexity index is 903. The summed E-state index contributed by atoms with van der Waals surface area (Å²) >= 11 is 1.70. The van der Waals surface area contributed by atoms with Gasteiger partial charge in [-0.1, -0.05) is 26.7 Å². The number of ether oxygens (including phenoxy) is 1. The van der Waals surface area contributed by atoms with Crippen LogP contribution in [0.3, 0.4) is 0 Å². The molecule has 1 aliphatic rings. The molecular formula is C20H25N3OS. The lowest BCUT2D eigenvalue weighted by molar-refractivity contribution is 0.302. The van der Waals surface area contributed by atoms with Crippen molar-refractivity contribution in [2.75, 3.05) is 6.61 Å². The van der Waals surface area contributed by atoms with E-state index in [2.05, 4.69) is 23.8 Å². The molecule has 0 aromatic carbocycles. The molecule has 0 radical (unpaired) electrons. The quantitative estimate of drug-likeness (QED) is 0.567. The van der Waals surface area contributed by atoms with Crippen LogP contribution in [-0.4, -0.2) is 21.6 Å². The van der Waals surface area contributed by atoms with Gasteiger partial charge < -0.3 is 4.74 Å². The van der Waals surface area contributed by atoms with Crippen LogP contribution in [0.5, 0.6) is 5.88 Å². The van der Waals surface area contributed by atoms with Gasteiger partial charge in [0.25, 0.3) is 0 Å². The average Bonchev–Trinajstić information content (AvgIpc) is 3.02. The summed E-state index contributed by atoms with van der Waals surface area (Å²) in [4.78, 5) is 15.2. The first-order chi connectivity index (χ1) is 12.3. The summed E-state index contributed by atoms with van der Waals surface area (Å²) in [7, 11) is 0. The van der Waals surface area contributed by atoms with Crippen molar-refractivity contribution in [3.05, 3.63) is 23.1 Å². The molecule has 0 saturated heterocycles. The third kappa shape index (κ3) is 2.99. The Balaban J connectivity index is 1.91. The molecule has 3 heterocycles. The number of rotatable bonds is 6. The molecular weight excluding hydrogens is 330 g/mol. The first kappa shape index (κ1) is 16.7. The molecule has 5 heteroatoms. The van der Waals surface area contributed by atoms with E-state index in [0.717, 1.165) is 59.5 Å². The van der Waals surface area contributed by atoms with Crippen molar-refractivity contribution >= 4 is 31.8 Å². The van der Waals surface area contributed by atoms with Crippen molar-refractivity contribution in [2.45, 2.75) is 65.2 Å². The second kappa shape index (κ2) is 7.24. The molecule has 0 N–H and O–H groups in total. The van der Waals surface area contributed by atoms with Crippen LogP contribution in [0.2, 0.25) is 0 Å². The molecule has 0 fully saturated rings. The van der Waals surface area contributed by atoms with Crippen molar-refractivity contribution in [3.63, 3.8) is 0 Å². The fraction of sp³-hybridized carbons (Fsp3) is 0.550. The van der Waals surface area contributed by atoms with E-state index >= 15 is 0 Å². The number of fused-ring (bicyclic) bond motifs is 5. The topological polar surface area (TPSA) is 47.9 Å². The van der Waals surface area contributed by atoms with Crippen LogP contribution in [0.15, 0.2) is 6.33 Å². The molecule has 0 atom stereocenters. The largest absolute Gasteiger partial charge is 0.477 e. The van der Waals surface area contributed by atoms with Crippen molar-refractivity contribution in [1.82, 2.24) is 15.0 Å². The molecule has 0 unspecified atom stereocenters. The second-order valence-electron chi connectivity index (χ2n) is 6.81. The van der Waals surface area contributed by atoms with Crippen LogP contribution in [0, 0.1) is 0 Å². The smallest absolute Gasteiger partial charge is 0.234 e. The van der Waals surface area contributed by atoms with E-state index in [1.165, 1.54) is 35.0 Å². The van der Waals surface area contributed by atoms with Crippen LogP contribution in [-0.2, 0) is 19.3 Å². The van der Waals surface area contributed by atoms with Crippen molar-refractivity contribution in [3.8, 4) is 5.88 Å². The fourth-order valence-corrected chi connectivity index (χ4v) is 4.90. The highest BCUT2D eigenvalue weighted by Crippen LogP contribution is 2.41. The van der Waals surface area contributed by atoms with E-state index in [1.54, 1.807) is 17.7 Å². The maximum atomic E-state index is 5.94. The first-order valence-corrected chi connectivity index (χ1v) is 10.4. The lowest BCUT2D eigenvalue weighted by Crippen LogP contribution is -2.09. The average molecular weight is 356 g/mol. The zero-order valence-electron chi connectivity index (χ0n) is 15.1. The summed E-state index contributed by atoms with van der Waals surface area (Å²) in [6, 6.07) is 0. The Kier molecular flexibility index (Phi) is 4.84. The normalized spacial score (nSPS) is 14.2. The highest BCUT2D eigenvalue weighted by Gasteiger charge is 2.23. The predicted molar refractivity (Wildman–Crippen MR) is 104 cm³/mol. The number of nitrogens with zero attached hydrogens (tertiary/aromatic N) is 3. The monoisotopic (exact) mass is 355 g/mol. The van der Waals surface area contributed by atoms with Crippen LogP contribution in [0.4, 0.5) is 0 Å². The van der Waals surface area contributed by atoms with E-state index in [1.807, 2.05) is 0 Å². The predicted octanol–water partition coefficient (Wildman–Crippen LogP) is 5.25. The van der Waals surface area contributed by atoms with Crippen molar-refractivity contribution in [1.29, 1.82) is 0 Å². The zero-order valence-corrected chi connectivity index (χ0v) is 15.9. The highest BCUT2D eigenvalue weighted by molar-refractivity contribution is 7.25. The lowest BCUT2D eigenvalue weighted by atomic mass is 9.88. The Morgan fingerprint density at radius 3 is 2.72 bits per heavy atom. The minimum absolute atomic E-state index is 0.712. The van der Waals surface area contributed by atoms with Crippen molar-refractivity contribution in [2.24, 2.45) is 0 Å². The van der Waals surface area contributed by atoms with Crippen molar-refractivity contribution < 1.29 is 4.74 Å². The molecule has 0 saturated carbocycles. The van der Waals surface area contributed by atoms with E-state index in [4.69, 9.17) is 9.72 Å². The van der Waals surface area contributed by atoms with E-state index < -0.39 is 0 Å². The maximum Gasteiger partial charge on any atom is 0.234 e. The molecule has 0 spiro atoms. The number of pyridine rings is 1. The fourth-order valence-electron chi connectivity index (χ4n) is 3.78. The summed E-state index contributed by atoms with van der Waals surface area (Å²) in [6.45, 7) is 5.12. The standard InChI is InChI=1S/C20H25N3OS/c1-3-5-11-24-19-18-17(21-12-22-19)16-14-10-7-6-9-13(14)15(8-4-2)23-20(16)25-18/h12H,3-11H2,1-2H3. The number of unbranched alkanes of at least 4 members (excludes halogenated alkanes) is 1. The summed E-state index contributed by atoms with van der Waals surface area (Å²) in [5.41, 5.74) is 5.32. The van der Waals surface area contributed by atoms with Crippen LogP contribution in [0.1, 0.15) is 62.8 Å². The molecule has 25 heavy (non-hydrogen) atoms. The number of hydrogen-bond acceptors (Lipinski definition) is 5. The minimum Gasteiger partial charge on any atom is -0.477 e. The Labute approximate surface area is 152 Å². The van der Waals surface area contributed by atoms with Crippen LogP contribution >= 0.6 is 11.3 Å². The molecule has 132 valence electrons. The molecule has 0 aliphatic heterocycles. The van der Waals surface area contributed by atoms with Crippen LogP contribution in [0.25, 0.3) is 20.4 Å². The third-order valence-electron chi connectivity index (χ3n) is 5.00. The number of aryl methyl sites for hydroxylation is 2. The molecule has 3 aromatic heterocycles. The minimum atomic E-state index is 0.712. The summed E-state index contributed by atoms with van der Waals surface area (Å²) in [6.07, 6.45) is 10.9. The maximum absolute atomic E-state index is 5.94. The highest BCUT2D eigenvalue weighted by atomic mass is 32.1. The molecule has 0 amide bonds. The van der Waals surface area contributed by atoms with Crippen LogP contribution < -0.4 is 4.74 Å². The summed E-state index contributed by atoms with van der Waals surface area (Å²) in [5, 5.41) is 1.26. The van der Waals surface area contributed by atoms with Gasteiger partial charge in [0.05, 0.1) is 12.1 Å². The van der Waals surface area contributed by atoms with E-state index in [0.29, 0.717) is 6.61 Å². The zero-order chi connectivity index (χ0) is 17.2. The van der Waals surface area contributed by atoms with Gasteiger partial charge in [0, 0.05) is 11.1 Å². The van der Waals surface area contributed by atoms with Gasteiger partial charge in [-0.15, -0.1) is 11.3 Å². The SMILES string of the molecule is CCCCOc1ncnc2c1sc1nc(CCC)c3c(c12)CCCC3. The van der Waals surface area contributed by atoms with Gasteiger partial charge in [0.2, 0.25) is 5.88 Å². The number of hydrogen-bond donors (Lipinski definition) is 0. The lowest BCUT2D eigenvalue weighted by Gasteiger charge is -2.19. The van der Waals surface area contributed by atoms with Gasteiger partial charge in [-0.3, -0.25) is 0 Å². The van der Waals surface area contributed by atoms with E-state index in [9.17, 15) is 0 Å². The Hall–Kier alpha value is -1.75. The molecule has 4 nitrogen and oxygen atoms in total. The first-order valence-electron chi connectivity index (χ1n) is 9.54. The number of thiophene rings is 1. The van der Waals surface area contributed by atoms with E-state index in [-0.39, 0.29) is 0 Å². The number of aromatic nitrogens is 3. The molecule has 3 aromatic rings. The Morgan fingerprint density at radius 2 is 1.92 bits per heavy atom. The molecule has 0 bridgehead atoms. The molecule has 1 aliphatic carbocycles. The van der Waals surface area contributed by atoms with Gasteiger partial charge in [-0.2, -0.15) is 0 Å². The molecule has 4 rings (SSSR count). The van der Waals surface area contributed by atoms with Gasteiger partial charge in [0.15, 0.2) is 0 Å². The summed E-state index contributed by atoms with van der Waals surface area (Å²) < 4.78 is 7.00. The second-order valence-corrected chi connectivity index (χ2v) is 7.81. The van der Waals surface area contributed by atoms with Gasteiger partial charge in [0.1, 0.15) is 15.9 Å². The van der Waals surface area contributed by atoms with Gasteiger partial charge in [-0.05, 0) is 49.7 Å².